The number of carbonyl (C=O) groups is 1. The molecular formula is C17H25N3O3. The quantitative estimate of drug-likeness (QED) is 0.890. The van der Waals surface area contributed by atoms with Crippen LogP contribution in [0.1, 0.15) is 35.8 Å². The summed E-state index contributed by atoms with van der Waals surface area (Å²) in [5.41, 5.74) is 0.861. The van der Waals surface area contributed by atoms with Crippen LogP contribution in [0.25, 0.3) is 0 Å². The molecule has 2 aliphatic heterocycles. The minimum absolute atomic E-state index is 0.0450. The average Bonchev–Trinajstić information content (AvgIpc) is 3.18. The molecule has 6 heteroatoms. The van der Waals surface area contributed by atoms with Gasteiger partial charge in [0.25, 0.3) is 11.5 Å². The number of likely N-dealkylation sites (tertiary alicyclic amines) is 1. The second-order valence-electron chi connectivity index (χ2n) is 6.37. The van der Waals surface area contributed by atoms with Crippen molar-refractivity contribution in [2.75, 3.05) is 26.3 Å². The first-order valence-electron chi connectivity index (χ1n) is 8.45. The van der Waals surface area contributed by atoms with Crippen molar-refractivity contribution in [1.29, 1.82) is 0 Å². The van der Waals surface area contributed by atoms with Crippen molar-refractivity contribution in [3.05, 3.63) is 33.7 Å². The number of carbonyl (C=O) groups excluding carboxylic acids is 1. The summed E-state index contributed by atoms with van der Waals surface area (Å²) in [4.78, 5) is 27.4. The Labute approximate surface area is 136 Å². The average molecular weight is 319 g/mol. The Bertz CT molecular complexity index is 634. The second-order valence-corrected chi connectivity index (χ2v) is 6.37. The fourth-order valence-corrected chi connectivity index (χ4v) is 3.60. The summed E-state index contributed by atoms with van der Waals surface area (Å²) in [6.45, 7) is 7.64. The maximum absolute atomic E-state index is 12.6. The van der Waals surface area contributed by atoms with Crippen LogP contribution < -0.4 is 10.9 Å². The molecule has 0 radical (unpaired) electrons. The highest BCUT2D eigenvalue weighted by Crippen LogP contribution is 2.19. The number of hydrogen-bond acceptors (Lipinski definition) is 4. The molecule has 3 heterocycles. The topological polar surface area (TPSA) is 63.6 Å². The molecule has 0 saturated carbocycles. The standard InChI is InChI=1S/C17H25N3O3/c1-3-20-12(2)6-7-13(17(20)22)16(21)18-14-10-23-11-15(14)19-8-4-5-9-19/h6-7,14-15H,3-5,8-11H2,1-2H3,(H,18,21)/t14-,15-/m1/s1. The number of nitrogens with one attached hydrogen (secondary N) is 1. The predicted molar refractivity (Wildman–Crippen MR) is 87.8 cm³/mol. The molecule has 0 unspecified atom stereocenters. The first-order valence-corrected chi connectivity index (χ1v) is 8.45. The van der Waals surface area contributed by atoms with Gasteiger partial charge >= 0.3 is 0 Å². The van der Waals surface area contributed by atoms with E-state index in [1.807, 2.05) is 19.9 Å². The van der Waals surface area contributed by atoms with E-state index in [9.17, 15) is 9.59 Å². The van der Waals surface area contributed by atoms with Crippen molar-refractivity contribution in [2.24, 2.45) is 0 Å². The second kappa shape index (κ2) is 6.84. The zero-order valence-electron chi connectivity index (χ0n) is 13.9. The molecule has 3 rings (SSSR count). The van der Waals surface area contributed by atoms with Crippen molar-refractivity contribution >= 4 is 5.91 Å². The van der Waals surface area contributed by atoms with Crippen LogP contribution in [0.5, 0.6) is 0 Å². The van der Waals surface area contributed by atoms with Crippen molar-refractivity contribution in [1.82, 2.24) is 14.8 Å². The monoisotopic (exact) mass is 319 g/mol. The Kier molecular flexibility index (Phi) is 4.82. The molecule has 1 aromatic rings. The highest BCUT2D eigenvalue weighted by Gasteiger charge is 2.35. The van der Waals surface area contributed by atoms with Crippen LogP contribution in [0, 0.1) is 6.92 Å². The molecule has 6 nitrogen and oxygen atoms in total. The Morgan fingerprint density at radius 1 is 1.30 bits per heavy atom. The van der Waals surface area contributed by atoms with Crippen LogP contribution in [0.3, 0.4) is 0 Å². The number of hydrogen-bond donors (Lipinski definition) is 1. The largest absolute Gasteiger partial charge is 0.378 e. The first kappa shape index (κ1) is 16.2. The van der Waals surface area contributed by atoms with E-state index in [-0.39, 0.29) is 29.1 Å². The molecule has 2 aliphatic rings. The van der Waals surface area contributed by atoms with Crippen LogP contribution in [0.15, 0.2) is 16.9 Å². The van der Waals surface area contributed by atoms with Crippen LogP contribution in [-0.2, 0) is 11.3 Å². The van der Waals surface area contributed by atoms with Crippen molar-refractivity contribution in [3.63, 3.8) is 0 Å². The van der Waals surface area contributed by atoms with E-state index in [0.29, 0.717) is 19.8 Å². The zero-order valence-corrected chi connectivity index (χ0v) is 13.9. The van der Waals surface area contributed by atoms with Gasteiger partial charge in [-0.1, -0.05) is 0 Å². The fraction of sp³-hybridized carbons (Fsp3) is 0.647. The molecule has 1 amide bonds. The van der Waals surface area contributed by atoms with Gasteiger partial charge in [-0.25, -0.2) is 0 Å². The summed E-state index contributed by atoms with van der Waals surface area (Å²) < 4.78 is 7.20. The van der Waals surface area contributed by atoms with Crippen molar-refractivity contribution < 1.29 is 9.53 Å². The molecule has 126 valence electrons. The van der Waals surface area contributed by atoms with Crippen LogP contribution >= 0.6 is 0 Å². The molecule has 2 fully saturated rings. The Morgan fingerprint density at radius 2 is 2.04 bits per heavy atom. The lowest BCUT2D eigenvalue weighted by molar-refractivity contribution is 0.0914. The lowest BCUT2D eigenvalue weighted by Crippen LogP contribution is -2.51. The van der Waals surface area contributed by atoms with E-state index in [1.165, 1.54) is 12.8 Å². The van der Waals surface area contributed by atoms with E-state index < -0.39 is 0 Å². The van der Waals surface area contributed by atoms with E-state index in [1.54, 1.807) is 10.6 Å². The first-order chi connectivity index (χ1) is 11.1. The summed E-state index contributed by atoms with van der Waals surface area (Å²) in [6, 6.07) is 3.62. The van der Waals surface area contributed by atoms with Gasteiger partial charge < -0.3 is 14.6 Å². The minimum atomic E-state index is -0.295. The van der Waals surface area contributed by atoms with E-state index >= 15 is 0 Å². The molecular weight excluding hydrogens is 294 g/mol. The molecule has 0 aromatic carbocycles. The number of aryl methyl sites for hydroxylation is 1. The van der Waals surface area contributed by atoms with Gasteiger partial charge in [0.05, 0.1) is 25.3 Å². The Balaban J connectivity index is 1.75. The fourth-order valence-electron chi connectivity index (χ4n) is 3.60. The number of rotatable bonds is 4. The van der Waals surface area contributed by atoms with Gasteiger partial charge in [0.2, 0.25) is 0 Å². The van der Waals surface area contributed by atoms with Gasteiger partial charge in [-0.3, -0.25) is 14.5 Å². The van der Waals surface area contributed by atoms with E-state index in [4.69, 9.17) is 4.74 Å². The number of pyridine rings is 1. The molecule has 2 atom stereocenters. The van der Waals surface area contributed by atoms with Crippen molar-refractivity contribution in [3.8, 4) is 0 Å². The molecule has 23 heavy (non-hydrogen) atoms. The highest BCUT2D eigenvalue weighted by molar-refractivity contribution is 5.94. The van der Waals surface area contributed by atoms with Gasteiger partial charge in [-0.2, -0.15) is 0 Å². The van der Waals surface area contributed by atoms with Crippen LogP contribution in [-0.4, -0.2) is 53.8 Å². The summed E-state index contributed by atoms with van der Waals surface area (Å²) in [6.07, 6.45) is 2.41. The maximum atomic E-state index is 12.6. The highest BCUT2D eigenvalue weighted by atomic mass is 16.5. The molecule has 0 spiro atoms. The minimum Gasteiger partial charge on any atom is -0.378 e. The van der Waals surface area contributed by atoms with Crippen molar-refractivity contribution in [2.45, 2.75) is 45.3 Å². The lowest BCUT2D eigenvalue weighted by atomic mass is 10.1. The van der Waals surface area contributed by atoms with Crippen LogP contribution in [0.4, 0.5) is 0 Å². The smallest absolute Gasteiger partial charge is 0.263 e. The predicted octanol–water partition coefficient (Wildman–Crippen LogP) is 0.770. The molecule has 1 aromatic heterocycles. The van der Waals surface area contributed by atoms with Gasteiger partial charge in [0, 0.05) is 12.2 Å². The zero-order chi connectivity index (χ0) is 16.4. The third kappa shape index (κ3) is 3.19. The Morgan fingerprint density at radius 3 is 2.74 bits per heavy atom. The van der Waals surface area contributed by atoms with Gasteiger partial charge in [-0.05, 0) is 51.9 Å². The maximum Gasteiger partial charge on any atom is 0.263 e. The number of ether oxygens (including phenoxy) is 1. The summed E-state index contributed by atoms with van der Waals surface area (Å²) in [5, 5.41) is 3.01. The van der Waals surface area contributed by atoms with Gasteiger partial charge in [-0.15, -0.1) is 0 Å². The lowest BCUT2D eigenvalue weighted by Gasteiger charge is -2.27. The molecule has 0 bridgehead atoms. The molecule has 1 N–H and O–H groups in total. The normalized spacial score (nSPS) is 25.0. The number of aromatic nitrogens is 1. The van der Waals surface area contributed by atoms with Crippen LogP contribution in [0.2, 0.25) is 0 Å². The van der Waals surface area contributed by atoms with Gasteiger partial charge in [0.15, 0.2) is 0 Å². The summed E-state index contributed by atoms with van der Waals surface area (Å²) >= 11 is 0. The van der Waals surface area contributed by atoms with E-state index in [2.05, 4.69) is 10.2 Å². The Hall–Kier alpha value is -1.66. The molecule has 2 saturated heterocycles. The third-order valence-electron chi connectivity index (χ3n) is 4.93. The number of nitrogens with zero attached hydrogens (tertiary/aromatic N) is 2. The SMILES string of the molecule is CCn1c(C)ccc(C(=O)N[C@@H]2COC[C@H]2N2CCCC2)c1=O. The molecule has 0 aliphatic carbocycles. The number of amides is 1. The summed E-state index contributed by atoms with van der Waals surface area (Å²) in [5.74, 6) is -0.295. The summed E-state index contributed by atoms with van der Waals surface area (Å²) in [7, 11) is 0. The van der Waals surface area contributed by atoms with Gasteiger partial charge in [0.1, 0.15) is 5.56 Å². The third-order valence-corrected chi connectivity index (χ3v) is 4.93. The van der Waals surface area contributed by atoms with E-state index in [0.717, 1.165) is 18.8 Å².